The number of fused-ring (bicyclic) bond motifs is 1. The second-order valence-electron chi connectivity index (χ2n) is 6.78. The van der Waals surface area contributed by atoms with Gasteiger partial charge in [-0.15, -0.1) is 0 Å². The monoisotopic (exact) mass is 298 g/mol. The molecule has 4 aliphatic rings. The summed E-state index contributed by atoms with van der Waals surface area (Å²) in [6.07, 6.45) is 9.98. The quantitative estimate of drug-likeness (QED) is 0.806. The molecule has 1 N–H and O–H groups in total. The Morgan fingerprint density at radius 3 is 2.30 bits per heavy atom. The first-order chi connectivity index (χ1) is 9.57. The summed E-state index contributed by atoms with van der Waals surface area (Å²) in [6, 6.07) is 0.501. The Hall–Kier alpha value is -0.780. The molecule has 0 aromatic heterocycles. The maximum absolute atomic E-state index is 12.6. The summed E-state index contributed by atoms with van der Waals surface area (Å²) in [7, 11) is -3.32. The maximum Gasteiger partial charge on any atom is 0.299 e. The molecule has 0 aromatic carbocycles. The summed E-state index contributed by atoms with van der Waals surface area (Å²) < 4.78 is 33.2. The third kappa shape index (κ3) is 1.66. The van der Waals surface area contributed by atoms with E-state index in [2.05, 4.69) is 9.71 Å². The highest BCUT2D eigenvalue weighted by Gasteiger charge is 2.74. The Bertz CT molecular complexity index is 541. The standard InChI is InChI=1S/C14H22N2O3S/c17-20(18)14(9-10-14)13(7-4-8-13)19-12(16-20)15-11-5-2-1-3-6-11/h11H,1-10H2,(H,15,16). The van der Waals surface area contributed by atoms with Crippen LogP contribution < -0.4 is 4.72 Å². The second-order valence-corrected chi connectivity index (χ2v) is 8.77. The molecule has 4 rings (SSSR count). The van der Waals surface area contributed by atoms with Crippen molar-refractivity contribution in [2.45, 2.75) is 80.6 Å². The molecule has 112 valence electrons. The largest absolute Gasteiger partial charge is 0.456 e. The molecule has 0 radical (unpaired) electrons. The first-order valence-electron chi connectivity index (χ1n) is 7.86. The summed E-state index contributed by atoms with van der Waals surface area (Å²) in [5.74, 6) is 0. The number of hydrogen-bond donors (Lipinski definition) is 1. The highest BCUT2D eigenvalue weighted by atomic mass is 32.2. The molecular weight excluding hydrogens is 276 g/mol. The SMILES string of the molecule is O=S1(=O)NC(=NC2CCCCC2)OC2(CCC2)C12CC2. The first kappa shape index (κ1) is 12.9. The van der Waals surface area contributed by atoms with Crippen molar-refractivity contribution >= 4 is 16.0 Å². The van der Waals surface area contributed by atoms with Gasteiger partial charge in [0.15, 0.2) is 0 Å². The number of amidine groups is 1. The predicted octanol–water partition coefficient (Wildman–Crippen LogP) is 2.08. The maximum atomic E-state index is 12.6. The third-order valence-corrected chi connectivity index (χ3v) is 7.85. The topological polar surface area (TPSA) is 67.8 Å². The van der Waals surface area contributed by atoms with E-state index >= 15 is 0 Å². The lowest BCUT2D eigenvalue weighted by atomic mass is 9.75. The van der Waals surface area contributed by atoms with Crippen molar-refractivity contribution < 1.29 is 13.2 Å². The van der Waals surface area contributed by atoms with Gasteiger partial charge in [-0.25, -0.2) is 18.1 Å². The van der Waals surface area contributed by atoms with Crippen LogP contribution in [0.1, 0.15) is 64.2 Å². The van der Waals surface area contributed by atoms with E-state index < -0.39 is 20.4 Å². The number of hydrogen-bond acceptors (Lipinski definition) is 4. The molecule has 3 aliphatic carbocycles. The van der Waals surface area contributed by atoms with Crippen LogP contribution in [-0.2, 0) is 14.8 Å². The van der Waals surface area contributed by atoms with E-state index in [1.165, 1.54) is 19.3 Å². The van der Waals surface area contributed by atoms with Gasteiger partial charge in [-0.3, -0.25) is 0 Å². The van der Waals surface area contributed by atoms with E-state index in [1.54, 1.807) is 0 Å². The van der Waals surface area contributed by atoms with Gasteiger partial charge in [0.25, 0.3) is 6.02 Å². The molecule has 0 unspecified atom stereocenters. The Labute approximate surface area is 120 Å². The average molecular weight is 298 g/mol. The Morgan fingerprint density at radius 2 is 1.75 bits per heavy atom. The van der Waals surface area contributed by atoms with Gasteiger partial charge in [-0.1, -0.05) is 19.3 Å². The van der Waals surface area contributed by atoms with Gasteiger partial charge < -0.3 is 4.74 Å². The summed E-state index contributed by atoms with van der Waals surface area (Å²) >= 11 is 0. The van der Waals surface area contributed by atoms with Crippen LogP contribution in [0, 0.1) is 0 Å². The zero-order chi connectivity index (χ0) is 13.8. The van der Waals surface area contributed by atoms with Crippen LogP contribution in [0.5, 0.6) is 0 Å². The van der Waals surface area contributed by atoms with Gasteiger partial charge in [0, 0.05) is 0 Å². The minimum Gasteiger partial charge on any atom is -0.456 e. The molecule has 4 fully saturated rings. The van der Waals surface area contributed by atoms with Crippen LogP contribution >= 0.6 is 0 Å². The second kappa shape index (κ2) is 4.12. The lowest BCUT2D eigenvalue weighted by molar-refractivity contribution is -0.0389. The van der Waals surface area contributed by atoms with E-state index in [0.29, 0.717) is 0 Å². The van der Waals surface area contributed by atoms with Gasteiger partial charge in [-0.05, 0) is 44.9 Å². The Morgan fingerprint density at radius 1 is 1.05 bits per heavy atom. The van der Waals surface area contributed by atoms with Crippen molar-refractivity contribution in [1.82, 2.24) is 4.72 Å². The van der Waals surface area contributed by atoms with Gasteiger partial charge in [0.1, 0.15) is 10.3 Å². The van der Waals surface area contributed by atoms with Crippen molar-refractivity contribution in [2.75, 3.05) is 0 Å². The number of rotatable bonds is 1. The van der Waals surface area contributed by atoms with Crippen LogP contribution in [0.15, 0.2) is 4.99 Å². The minimum absolute atomic E-state index is 0.229. The van der Waals surface area contributed by atoms with Gasteiger partial charge in [0.05, 0.1) is 6.04 Å². The lowest BCUT2D eigenvalue weighted by Crippen LogP contribution is -2.66. The summed E-state index contributed by atoms with van der Waals surface area (Å²) in [5, 5.41) is 0. The van der Waals surface area contributed by atoms with E-state index in [0.717, 1.165) is 44.9 Å². The predicted molar refractivity (Wildman–Crippen MR) is 76.0 cm³/mol. The normalized spacial score (nSPS) is 35.3. The third-order valence-electron chi connectivity index (χ3n) is 5.60. The molecule has 20 heavy (non-hydrogen) atoms. The molecule has 1 aliphatic heterocycles. The molecule has 0 aromatic rings. The number of nitrogens with zero attached hydrogens (tertiary/aromatic N) is 1. The van der Waals surface area contributed by atoms with Crippen molar-refractivity contribution in [1.29, 1.82) is 0 Å². The van der Waals surface area contributed by atoms with Crippen LogP contribution in [0.25, 0.3) is 0 Å². The Balaban J connectivity index is 1.62. The number of nitrogens with one attached hydrogen (secondary N) is 1. The molecule has 3 saturated carbocycles. The zero-order valence-corrected chi connectivity index (χ0v) is 12.5. The summed E-state index contributed by atoms with van der Waals surface area (Å²) in [4.78, 5) is 4.57. The number of ether oxygens (including phenoxy) is 1. The van der Waals surface area contributed by atoms with Crippen molar-refractivity contribution in [2.24, 2.45) is 4.99 Å². The molecule has 0 bridgehead atoms. The smallest absolute Gasteiger partial charge is 0.299 e. The Kier molecular flexibility index (Phi) is 2.66. The van der Waals surface area contributed by atoms with Gasteiger partial charge in [0.2, 0.25) is 10.0 Å². The average Bonchev–Trinajstić information content (AvgIpc) is 3.15. The molecule has 1 saturated heterocycles. The molecule has 1 heterocycles. The highest BCUT2D eigenvalue weighted by Crippen LogP contribution is 2.61. The fourth-order valence-corrected chi connectivity index (χ4v) is 5.97. The van der Waals surface area contributed by atoms with Gasteiger partial charge >= 0.3 is 0 Å². The van der Waals surface area contributed by atoms with Crippen LogP contribution in [0.3, 0.4) is 0 Å². The summed E-state index contributed by atoms with van der Waals surface area (Å²) in [5.41, 5.74) is -0.468. The lowest BCUT2D eigenvalue weighted by Gasteiger charge is -2.50. The summed E-state index contributed by atoms with van der Waals surface area (Å²) in [6.45, 7) is 0. The number of sulfonamides is 1. The minimum atomic E-state index is -3.32. The fourth-order valence-electron chi connectivity index (χ4n) is 4.08. The van der Waals surface area contributed by atoms with Crippen LogP contribution in [0.4, 0.5) is 0 Å². The molecule has 6 heteroatoms. The molecule has 2 spiro atoms. The van der Waals surface area contributed by atoms with Crippen molar-refractivity contribution in [3.05, 3.63) is 0 Å². The molecular formula is C14H22N2O3S. The molecule has 5 nitrogen and oxygen atoms in total. The van der Waals surface area contributed by atoms with Gasteiger partial charge in [-0.2, -0.15) is 0 Å². The van der Waals surface area contributed by atoms with E-state index in [1.807, 2.05) is 0 Å². The fraction of sp³-hybridized carbons (Fsp3) is 0.929. The van der Waals surface area contributed by atoms with Crippen molar-refractivity contribution in [3.8, 4) is 0 Å². The highest BCUT2D eigenvalue weighted by molar-refractivity contribution is 7.92. The zero-order valence-electron chi connectivity index (χ0n) is 11.7. The first-order valence-corrected chi connectivity index (χ1v) is 9.35. The van der Waals surface area contributed by atoms with Crippen LogP contribution in [-0.4, -0.2) is 30.8 Å². The molecule has 0 amide bonds. The van der Waals surface area contributed by atoms with Crippen molar-refractivity contribution in [3.63, 3.8) is 0 Å². The molecule has 0 atom stereocenters. The van der Waals surface area contributed by atoms with E-state index in [-0.39, 0.29) is 12.1 Å². The number of aliphatic imine (C=N–C) groups is 1. The van der Waals surface area contributed by atoms with E-state index in [9.17, 15) is 8.42 Å². The van der Waals surface area contributed by atoms with E-state index in [4.69, 9.17) is 4.74 Å². The van der Waals surface area contributed by atoms with Crippen LogP contribution in [0.2, 0.25) is 0 Å².